The van der Waals surface area contributed by atoms with E-state index < -0.39 is 0 Å². The minimum absolute atomic E-state index is 1.07. The molecule has 64 valence electrons. The molecule has 1 aromatic heterocycles. The Hall–Kier alpha value is -1.31. The molecule has 1 rings (SSSR count). The Morgan fingerprint density at radius 2 is 2.17 bits per heavy atom. The molecule has 0 unspecified atom stereocenters. The summed E-state index contributed by atoms with van der Waals surface area (Å²) in [6, 6.07) is 0. The maximum atomic E-state index is 4.00. The predicted octanol–water partition coefficient (Wildman–Crippen LogP) is 0.957. The van der Waals surface area contributed by atoms with E-state index in [2.05, 4.69) is 30.6 Å². The molecule has 1 heterocycles. The van der Waals surface area contributed by atoms with Crippen LogP contribution in [-0.2, 0) is 0 Å². The second-order valence-corrected chi connectivity index (χ2v) is 3.05. The number of allylic oxidation sites excluding steroid dienone is 1. The van der Waals surface area contributed by atoms with Crippen LogP contribution in [0.1, 0.15) is 20.8 Å². The molecule has 1 aromatic rings. The van der Waals surface area contributed by atoms with Crippen LogP contribution in [0.25, 0.3) is 11.1 Å². The quantitative estimate of drug-likeness (QED) is 0.654. The van der Waals surface area contributed by atoms with Crippen LogP contribution in [0.15, 0.2) is 18.9 Å². The maximum Gasteiger partial charge on any atom is 0.0678 e. The highest BCUT2D eigenvalue weighted by Crippen LogP contribution is 1.87. The van der Waals surface area contributed by atoms with Gasteiger partial charge in [-0.1, -0.05) is 18.2 Å². The van der Waals surface area contributed by atoms with Crippen LogP contribution in [0.4, 0.5) is 0 Å². The lowest BCUT2D eigenvalue weighted by Crippen LogP contribution is -2.25. The molecule has 12 heavy (non-hydrogen) atoms. The van der Waals surface area contributed by atoms with Gasteiger partial charge in [0.25, 0.3) is 0 Å². The minimum Gasteiger partial charge on any atom is -0.278 e. The van der Waals surface area contributed by atoms with Gasteiger partial charge in [0.1, 0.15) is 0 Å². The van der Waals surface area contributed by atoms with Gasteiger partial charge in [-0.25, -0.2) is 0 Å². The molecule has 0 aliphatic rings. The zero-order valence-electron chi connectivity index (χ0n) is 7.81. The molecule has 0 aromatic carbocycles. The second kappa shape index (κ2) is 3.39. The average molecular weight is 162 g/mol. The van der Waals surface area contributed by atoms with Gasteiger partial charge in [0.05, 0.1) is 11.5 Å². The van der Waals surface area contributed by atoms with E-state index in [0.29, 0.717) is 0 Å². The van der Waals surface area contributed by atoms with E-state index in [1.165, 1.54) is 10.8 Å². The van der Waals surface area contributed by atoms with Crippen LogP contribution in [0.3, 0.4) is 0 Å². The summed E-state index contributed by atoms with van der Waals surface area (Å²) in [6.45, 7) is 9.89. The number of H-pyrrole nitrogens is 1. The first-order valence-corrected chi connectivity index (χ1v) is 3.97. The van der Waals surface area contributed by atoms with Gasteiger partial charge in [0, 0.05) is 5.22 Å². The van der Waals surface area contributed by atoms with Crippen molar-refractivity contribution in [2.75, 3.05) is 0 Å². The van der Waals surface area contributed by atoms with E-state index in [4.69, 9.17) is 0 Å². The van der Waals surface area contributed by atoms with Crippen molar-refractivity contribution in [3.05, 3.63) is 29.4 Å². The summed E-state index contributed by atoms with van der Waals surface area (Å²) in [5, 5.41) is 9.20. The third-order valence-corrected chi connectivity index (χ3v) is 1.88. The summed E-state index contributed by atoms with van der Waals surface area (Å²) < 4.78 is 0. The van der Waals surface area contributed by atoms with Crippen molar-refractivity contribution in [3.63, 3.8) is 0 Å². The van der Waals surface area contributed by atoms with Crippen LogP contribution in [0, 0.1) is 0 Å². The predicted molar refractivity (Wildman–Crippen MR) is 51.9 cm³/mol. The summed E-state index contributed by atoms with van der Waals surface area (Å²) in [5.41, 5.74) is 2.39. The lowest BCUT2D eigenvalue weighted by atomic mass is 10.2. The van der Waals surface area contributed by atoms with E-state index in [1.54, 1.807) is 0 Å². The largest absolute Gasteiger partial charge is 0.278 e. The normalized spacial score (nSPS) is 12.6. The molecule has 2 nitrogen and oxygen atoms in total. The smallest absolute Gasteiger partial charge is 0.0678 e. The second-order valence-electron chi connectivity index (χ2n) is 3.05. The molecule has 0 fully saturated rings. The van der Waals surface area contributed by atoms with Gasteiger partial charge in [-0.05, 0) is 26.3 Å². The Kier molecular flexibility index (Phi) is 2.48. The fraction of sp³-hybridized carbons (Fsp3) is 0.300. The molecule has 0 aliphatic heterocycles. The van der Waals surface area contributed by atoms with Gasteiger partial charge in [0.2, 0.25) is 0 Å². The topological polar surface area (TPSA) is 28.7 Å². The van der Waals surface area contributed by atoms with Gasteiger partial charge in [-0.3, -0.25) is 5.10 Å². The van der Waals surface area contributed by atoms with Crippen LogP contribution in [0.2, 0.25) is 0 Å². The number of hydrogen-bond donors (Lipinski definition) is 1. The summed E-state index contributed by atoms with van der Waals surface area (Å²) >= 11 is 0. The van der Waals surface area contributed by atoms with Gasteiger partial charge in [-0.2, -0.15) is 5.10 Å². The van der Waals surface area contributed by atoms with Crippen molar-refractivity contribution in [2.24, 2.45) is 0 Å². The molecule has 0 amide bonds. The number of nitrogens with one attached hydrogen (secondary N) is 1. The van der Waals surface area contributed by atoms with Gasteiger partial charge in [0.15, 0.2) is 0 Å². The van der Waals surface area contributed by atoms with Crippen molar-refractivity contribution in [3.8, 4) is 0 Å². The van der Waals surface area contributed by atoms with Crippen LogP contribution < -0.4 is 10.6 Å². The number of rotatable bonds is 1. The van der Waals surface area contributed by atoms with Gasteiger partial charge < -0.3 is 0 Å². The molecule has 1 N–H and O–H groups in total. The zero-order chi connectivity index (χ0) is 9.14. The fourth-order valence-corrected chi connectivity index (χ4v) is 1.07. The van der Waals surface area contributed by atoms with Crippen molar-refractivity contribution in [2.45, 2.75) is 20.8 Å². The Labute approximate surface area is 72.3 Å². The van der Waals surface area contributed by atoms with Gasteiger partial charge >= 0.3 is 0 Å². The first-order chi connectivity index (χ1) is 5.66. The molecule has 0 saturated heterocycles. The number of aromatic nitrogens is 2. The summed E-state index contributed by atoms with van der Waals surface area (Å²) in [5.74, 6) is 0. The van der Waals surface area contributed by atoms with Crippen molar-refractivity contribution >= 4 is 11.1 Å². The lowest BCUT2D eigenvalue weighted by Gasteiger charge is -1.88. The first kappa shape index (κ1) is 8.78. The fourth-order valence-electron chi connectivity index (χ4n) is 1.07. The third-order valence-electron chi connectivity index (χ3n) is 1.88. The highest BCUT2D eigenvalue weighted by Gasteiger charge is 1.92. The van der Waals surface area contributed by atoms with Crippen LogP contribution >= 0.6 is 0 Å². The number of aromatic amines is 1. The number of nitrogens with zero attached hydrogens (tertiary/aromatic N) is 1. The van der Waals surface area contributed by atoms with Crippen molar-refractivity contribution in [1.29, 1.82) is 0 Å². The molecule has 2 heteroatoms. The van der Waals surface area contributed by atoms with Crippen molar-refractivity contribution in [1.82, 2.24) is 10.2 Å². The number of hydrogen-bond acceptors (Lipinski definition) is 1. The molecule has 0 spiro atoms. The molecular formula is C10H14N2. The first-order valence-electron chi connectivity index (χ1n) is 3.97. The Balaban J connectivity index is 3.68. The minimum atomic E-state index is 1.07. The Morgan fingerprint density at radius 1 is 1.50 bits per heavy atom. The summed E-state index contributed by atoms with van der Waals surface area (Å²) in [4.78, 5) is 0. The lowest BCUT2D eigenvalue weighted by molar-refractivity contribution is 1.06. The van der Waals surface area contributed by atoms with E-state index in [-0.39, 0.29) is 0 Å². The van der Waals surface area contributed by atoms with E-state index >= 15 is 0 Å². The SMILES string of the molecule is C=C/C(C)=c1/[nH]ncc1=C(C)C. The average Bonchev–Trinajstić information content (AvgIpc) is 2.50. The molecule has 0 bridgehead atoms. The third kappa shape index (κ3) is 1.47. The Bertz CT molecular complexity index is 392. The highest BCUT2D eigenvalue weighted by atomic mass is 15.1. The molecule has 0 aliphatic carbocycles. The van der Waals surface area contributed by atoms with Gasteiger partial charge in [-0.15, -0.1) is 0 Å². The summed E-state index contributed by atoms with van der Waals surface area (Å²) in [7, 11) is 0. The molecule has 0 atom stereocenters. The van der Waals surface area contributed by atoms with Crippen molar-refractivity contribution < 1.29 is 0 Å². The monoisotopic (exact) mass is 162 g/mol. The standard InChI is InChI=1S/C10H14N2/c1-5-8(4)10-9(7(2)3)6-11-12-10/h5-6,12H,1H2,2-4H3/b10-8+. The molecule has 0 radical (unpaired) electrons. The zero-order valence-corrected chi connectivity index (χ0v) is 7.81. The van der Waals surface area contributed by atoms with E-state index in [0.717, 1.165) is 10.9 Å². The van der Waals surface area contributed by atoms with Crippen LogP contribution in [0.5, 0.6) is 0 Å². The summed E-state index contributed by atoms with van der Waals surface area (Å²) in [6.07, 6.45) is 3.68. The molecular weight excluding hydrogens is 148 g/mol. The maximum absolute atomic E-state index is 4.00. The van der Waals surface area contributed by atoms with E-state index in [9.17, 15) is 0 Å². The highest BCUT2D eigenvalue weighted by molar-refractivity contribution is 5.53. The Morgan fingerprint density at radius 3 is 2.67 bits per heavy atom. The molecule has 0 saturated carbocycles. The van der Waals surface area contributed by atoms with E-state index in [1.807, 2.05) is 19.2 Å². The van der Waals surface area contributed by atoms with Crippen LogP contribution in [-0.4, -0.2) is 10.2 Å².